The van der Waals surface area contributed by atoms with Crippen LogP contribution in [0, 0.1) is 5.82 Å². The van der Waals surface area contributed by atoms with E-state index in [1.54, 1.807) is 53.7 Å². The van der Waals surface area contributed by atoms with Crippen LogP contribution in [0.1, 0.15) is 28.7 Å². The Morgan fingerprint density at radius 3 is 2.56 bits per heavy atom. The second-order valence-corrected chi connectivity index (χ2v) is 7.61. The van der Waals surface area contributed by atoms with Gasteiger partial charge in [-0.05, 0) is 47.5 Å². The smallest absolute Gasteiger partial charge is 0.416 e. The molecule has 4 aromatic rings. The van der Waals surface area contributed by atoms with Crippen molar-refractivity contribution in [1.82, 2.24) is 9.88 Å². The van der Waals surface area contributed by atoms with Gasteiger partial charge >= 0.3 is 6.18 Å². The molecule has 0 spiro atoms. The molecule has 0 bridgehead atoms. The van der Waals surface area contributed by atoms with Crippen molar-refractivity contribution in [3.05, 3.63) is 114 Å². The zero-order valence-electron chi connectivity index (χ0n) is 17.5. The topological polar surface area (TPSA) is 50.9 Å². The fourth-order valence-electron chi connectivity index (χ4n) is 3.86. The summed E-state index contributed by atoms with van der Waals surface area (Å²) in [5.41, 5.74) is 1.08. The van der Waals surface area contributed by atoms with Crippen molar-refractivity contribution in [1.29, 1.82) is 0 Å². The van der Waals surface area contributed by atoms with Gasteiger partial charge in [0.2, 0.25) is 12.1 Å². The second kappa shape index (κ2) is 8.66. The molecule has 0 saturated heterocycles. The highest BCUT2D eigenvalue weighted by Gasteiger charge is 2.37. The van der Waals surface area contributed by atoms with Crippen LogP contribution in [0.25, 0.3) is 11.1 Å². The highest BCUT2D eigenvalue weighted by Crippen LogP contribution is 2.37. The molecule has 3 heterocycles. The van der Waals surface area contributed by atoms with Gasteiger partial charge in [0.25, 0.3) is 0 Å². The maximum atomic E-state index is 14.6. The van der Waals surface area contributed by atoms with E-state index in [0.717, 1.165) is 12.1 Å². The summed E-state index contributed by atoms with van der Waals surface area (Å²) >= 11 is 0. The van der Waals surface area contributed by atoms with Gasteiger partial charge in [-0.15, -0.1) is 0 Å². The van der Waals surface area contributed by atoms with E-state index in [1.165, 1.54) is 24.5 Å². The Morgan fingerprint density at radius 1 is 0.941 bits per heavy atom. The third-order valence-electron chi connectivity index (χ3n) is 5.44. The summed E-state index contributed by atoms with van der Waals surface area (Å²) in [5, 5.41) is 4.10. The number of rotatable bonds is 5. The van der Waals surface area contributed by atoms with Crippen LogP contribution in [0.5, 0.6) is 0 Å². The van der Waals surface area contributed by atoms with Crippen molar-refractivity contribution < 1.29 is 26.8 Å². The van der Waals surface area contributed by atoms with Crippen LogP contribution in [-0.2, 0) is 17.6 Å². The molecule has 34 heavy (non-hydrogen) atoms. The molecule has 5 rings (SSSR count). The molecule has 5 nitrogen and oxygen atoms in total. The standard InChI is InChI=1S/C25H17F4N3O2/c26-21-8-2-1-7-20(21)19-10-11-30-14-17(19)15-32-23(22-9-4-12-33-22)31-34-24(32)16-5-3-6-18(13-16)25(27,28)29/h1-14,24H,15H2. The summed E-state index contributed by atoms with van der Waals surface area (Å²) in [7, 11) is 0. The minimum absolute atomic E-state index is 0.123. The highest BCUT2D eigenvalue weighted by molar-refractivity contribution is 5.96. The first-order valence-electron chi connectivity index (χ1n) is 10.3. The number of pyridine rings is 1. The zero-order chi connectivity index (χ0) is 23.7. The van der Waals surface area contributed by atoms with Gasteiger partial charge in [-0.2, -0.15) is 13.2 Å². The predicted molar refractivity (Wildman–Crippen MR) is 116 cm³/mol. The normalized spacial score (nSPS) is 15.8. The Balaban J connectivity index is 1.56. The number of halogens is 4. The number of hydrogen-bond donors (Lipinski definition) is 0. The predicted octanol–water partition coefficient (Wildman–Crippen LogP) is 6.39. The molecule has 1 aliphatic heterocycles. The van der Waals surface area contributed by atoms with Gasteiger partial charge in [0.15, 0.2) is 5.76 Å². The van der Waals surface area contributed by atoms with Gasteiger partial charge in [-0.25, -0.2) is 4.39 Å². The van der Waals surface area contributed by atoms with Crippen molar-refractivity contribution in [2.24, 2.45) is 5.16 Å². The van der Waals surface area contributed by atoms with Crippen LogP contribution < -0.4 is 0 Å². The Morgan fingerprint density at radius 2 is 1.79 bits per heavy atom. The van der Waals surface area contributed by atoms with Crippen LogP contribution >= 0.6 is 0 Å². The first-order chi connectivity index (χ1) is 16.4. The Labute approximate surface area is 191 Å². The van der Waals surface area contributed by atoms with Crippen molar-refractivity contribution in [2.45, 2.75) is 18.9 Å². The monoisotopic (exact) mass is 467 g/mol. The Kier molecular flexibility index (Phi) is 5.53. The molecule has 172 valence electrons. The lowest BCUT2D eigenvalue weighted by Crippen LogP contribution is -2.31. The summed E-state index contributed by atoms with van der Waals surface area (Å²) in [6, 6.07) is 16.2. The Bertz CT molecular complexity index is 1340. The summed E-state index contributed by atoms with van der Waals surface area (Å²) in [5.74, 6) is 0.281. The molecule has 2 aromatic carbocycles. The van der Waals surface area contributed by atoms with Crippen molar-refractivity contribution in [3.8, 4) is 11.1 Å². The molecule has 9 heteroatoms. The molecular weight excluding hydrogens is 450 g/mol. The van der Waals surface area contributed by atoms with Crippen LogP contribution in [0.2, 0.25) is 0 Å². The van der Waals surface area contributed by atoms with E-state index in [2.05, 4.69) is 10.1 Å². The molecule has 2 aromatic heterocycles. The molecule has 0 amide bonds. The molecular formula is C25H17F4N3O2. The van der Waals surface area contributed by atoms with Gasteiger partial charge in [0.1, 0.15) is 5.82 Å². The number of benzene rings is 2. The van der Waals surface area contributed by atoms with Gasteiger partial charge in [-0.3, -0.25) is 4.98 Å². The highest BCUT2D eigenvalue weighted by atomic mass is 19.4. The lowest BCUT2D eigenvalue weighted by atomic mass is 10.0. The van der Waals surface area contributed by atoms with E-state index in [-0.39, 0.29) is 12.1 Å². The van der Waals surface area contributed by atoms with Crippen molar-refractivity contribution >= 4 is 5.84 Å². The Hall–Kier alpha value is -4.14. The first kappa shape index (κ1) is 21.7. The molecule has 1 atom stereocenters. The third-order valence-corrected chi connectivity index (χ3v) is 5.44. The first-order valence-corrected chi connectivity index (χ1v) is 10.3. The number of furan rings is 1. The lowest BCUT2D eigenvalue weighted by molar-refractivity contribution is -0.137. The number of alkyl halides is 3. The van der Waals surface area contributed by atoms with E-state index in [0.29, 0.717) is 28.3 Å². The maximum Gasteiger partial charge on any atom is 0.416 e. The number of oxime groups is 1. The fraction of sp³-hybridized carbons (Fsp3) is 0.120. The summed E-state index contributed by atoms with van der Waals surface area (Å²) in [4.78, 5) is 11.4. The van der Waals surface area contributed by atoms with E-state index >= 15 is 0 Å². The fourth-order valence-corrected chi connectivity index (χ4v) is 3.86. The van der Waals surface area contributed by atoms with E-state index < -0.39 is 23.8 Å². The van der Waals surface area contributed by atoms with Gasteiger partial charge in [0.05, 0.1) is 18.4 Å². The minimum atomic E-state index is -4.51. The van der Waals surface area contributed by atoms with Crippen LogP contribution in [0.3, 0.4) is 0 Å². The average Bonchev–Trinajstić information content (AvgIpc) is 3.50. The maximum absolute atomic E-state index is 14.6. The van der Waals surface area contributed by atoms with Crippen molar-refractivity contribution in [3.63, 3.8) is 0 Å². The minimum Gasteiger partial charge on any atom is -0.461 e. The lowest BCUT2D eigenvalue weighted by Gasteiger charge is -2.26. The zero-order valence-corrected chi connectivity index (χ0v) is 17.5. The molecule has 1 unspecified atom stereocenters. The number of amidine groups is 1. The summed E-state index contributed by atoms with van der Waals surface area (Å²) in [6.45, 7) is 0.123. The van der Waals surface area contributed by atoms with Gasteiger partial charge < -0.3 is 14.2 Å². The SMILES string of the molecule is Fc1ccccc1-c1ccncc1CN1C(c2ccco2)=NOC1c1cccc(C(F)(F)F)c1. The quantitative estimate of drug-likeness (QED) is 0.319. The third kappa shape index (κ3) is 4.12. The molecule has 1 aliphatic rings. The molecule has 0 fully saturated rings. The molecule has 0 radical (unpaired) electrons. The van der Waals surface area contributed by atoms with Crippen LogP contribution in [0.15, 0.2) is 95.0 Å². The van der Waals surface area contributed by atoms with Crippen molar-refractivity contribution in [2.75, 3.05) is 0 Å². The van der Waals surface area contributed by atoms with E-state index in [4.69, 9.17) is 9.25 Å². The number of nitrogens with zero attached hydrogens (tertiary/aromatic N) is 3. The van der Waals surface area contributed by atoms with Crippen LogP contribution in [-0.4, -0.2) is 15.7 Å². The van der Waals surface area contributed by atoms with E-state index in [9.17, 15) is 17.6 Å². The van der Waals surface area contributed by atoms with Gasteiger partial charge in [-0.1, -0.05) is 35.5 Å². The largest absolute Gasteiger partial charge is 0.461 e. The molecule has 0 aliphatic carbocycles. The second-order valence-electron chi connectivity index (χ2n) is 7.61. The average molecular weight is 467 g/mol. The number of aromatic nitrogens is 1. The van der Waals surface area contributed by atoms with Crippen LogP contribution in [0.4, 0.5) is 17.6 Å². The summed E-state index contributed by atoms with van der Waals surface area (Å²) < 4.78 is 60.0. The van der Waals surface area contributed by atoms with Gasteiger partial charge in [0, 0.05) is 23.5 Å². The summed E-state index contributed by atoms with van der Waals surface area (Å²) in [6.07, 6.45) is -0.870. The molecule has 0 saturated carbocycles. The van der Waals surface area contributed by atoms with E-state index in [1.807, 2.05) is 0 Å². The number of hydrogen-bond acceptors (Lipinski definition) is 5. The molecule has 0 N–H and O–H groups in total.